The minimum atomic E-state index is -3.81. The second-order valence-corrected chi connectivity index (χ2v) is 13.0. The Balaban J connectivity index is 1.25. The third-order valence-electron chi connectivity index (χ3n) is 8.25. The summed E-state index contributed by atoms with van der Waals surface area (Å²) in [5, 5.41) is 2.88. The van der Waals surface area contributed by atoms with Crippen molar-refractivity contribution in [2.24, 2.45) is 0 Å². The van der Waals surface area contributed by atoms with Crippen molar-refractivity contribution in [3.05, 3.63) is 59.9 Å². The Labute approximate surface area is 241 Å². The van der Waals surface area contributed by atoms with Gasteiger partial charge in [-0.25, -0.2) is 8.42 Å². The standard InChI is InChI=1S/C29H38N6O5S/c1-3-6-24(31-28(37)21-8-10-23(11-9-21)33-17-15-32(2)16-18-33)29(38)34-14-12-25-27(34)26(36)19-35(25)41(39,40)20-22-7-4-5-13-30-22/h4-5,7-11,13,24-25,27H,3,6,12,14-20H2,1-2H3,(H,31,37). The summed E-state index contributed by atoms with van der Waals surface area (Å²) < 4.78 is 27.7. The number of amides is 2. The fraction of sp³-hybridized carbons (Fsp3) is 0.517. The SMILES string of the molecule is CCCC(NC(=O)c1ccc(N2CCN(C)CC2)cc1)C(=O)N1CCC2C1C(=O)CN2S(=O)(=O)Cc1ccccn1. The number of nitrogens with one attached hydrogen (secondary N) is 1. The number of likely N-dealkylation sites (tertiary alicyclic amines) is 1. The zero-order valence-electron chi connectivity index (χ0n) is 23.6. The number of pyridine rings is 1. The first kappa shape index (κ1) is 29.2. The number of nitrogens with zero attached hydrogens (tertiary/aromatic N) is 5. The van der Waals surface area contributed by atoms with Gasteiger partial charge in [0.05, 0.1) is 18.3 Å². The molecular weight excluding hydrogens is 544 g/mol. The molecule has 3 fully saturated rings. The Bertz CT molecular complexity index is 1360. The van der Waals surface area contributed by atoms with Crippen molar-refractivity contribution in [1.29, 1.82) is 0 Å². The maximum Gasteiger partial charge on any atom is 0.251 e. The van der Waals surface area contributed by atoms with Crippen LogP contribution >= 0.6 is 0 Å². The molecule has 3 unspecified atom stereocenters. The van der Waals surface area contributed by atoms with E-state index in [1.54, 1.807) is 30.3 Å². The summed E-state index contributed by atoms with van der Waals surface area (Å²) in [5.41, 5.74) is 1.91. The average Bonchev–Trinajstić information content (AvgIpc) is 3.55. The molecule has 1 N–H and O–H groups in total. The van der Waals surface area contributed by atoms with Gasteiger partial charge in [-0.05, 0) is 56.3 Å². The fourth-order valence-corrected chi connectivity index (χ4v) is 7.68. The fourth-order valence-electron chi connectivity index (χ4n) is 6.01. The van der Waals surface area contributed by atoms with Crippen molar-refractivity contribution < 1.29 is 22.8 Å². The van der Waals surface area contributed by atoms with E-state index in [9.17, 15) is 22.8 Å². The molecular formula is C29H38N6O5S. The number of benzene rings is 1. The van der Waals surface area contributed by atoms with Crippen molar-refractivity contribution in [3.63, 3.8) is 0 Å². The van der Waals surface area contributed by atoms with E-state index in [0.717, 1.165) is 31.9 Å². The summed E-state index contributed by atoms with van der Waals surface area (Å²) in [7, 11) is -1.71. The topological polar surface area (TPSA) is 123 Å². The van der Waals surface area contributed by atoms with Gasteiger partial charge in [0, 0.05) is 50.2 Å². The van der Waals surface area contributed by atoms with Crippen LogP contribution in [0.1, 0.15) is 42.2 Å². The smallest absolute Gasteiger partial charge is 0.251 e. The molecule has 3 aliphatic rings. The molecule has 0 spiro atoms. The summed E-state index contributed by atoms with van der Waals surface area (Å²) in [6.45, 7) is 5.73. The van der Waals surface area contributed by atoms with E-state index in [1.165, 1.54) is 15.4 Å². The van der Waals surface area contributed by atoms with Gasteiger partial charge in [-0.1, -0.05) is 19.4 Å². The van der Waals surface area contributed by atoms with E-state index in [2.05, 4.69) is 27.1 Å². The van der Waals surface area contributed by atoms with Crippen LogP contribution in [0.4, 0.5) is 5.69 Å². The van der Waals surface area contributed by atoms with Gasteiger partial charge in [-0.3, -0.25) is 19.4 Å². The molecule has 2 aromatic rings. The lowest BCUT2D eigenvalue weighted by Crippen LogP contribution is -2.52. The Morgan fingerprint density at radius 2 is 1.78 bits per heavy atom. The van der Waals surface area contributed by atoms with Crippen molar-refractivity contribution in [1.82, 2.24) is 24.4 Å². The van der Waals surface area contributed by atoms with Gasteiger partial charge in [0.2, 0.25) is 15.9 Å². The zero-order valence-corrected chi connectivity index (χ0v) is 24.4. The van der Waals surface area contributed by atoms with Crippen LogP contribution in [0.25, 0.3) is 0 Å². The number of likely N-dealkylation sites (N-methyl/N-ethyl adjacent to an activating group) is 1. The summed E-state index contributed by atoms with van der Waals surface area (Å²) in [6.07, 6.45) is 2.96. The molecule has 3 saturated heterocycles. The molecule has 3 atom stereocenters. The molecule has 5 rings (SSSR count). The van der Waals surface area contributed by atoms with Gasteiger partial charge >= 0.3 is 0 Å². The summed E-state index contributed by atoms with van der Waals surface area (Å²) in [4.78, 5) is 50.1. The molecule has 0 aliphatic carbocycles. The number of carbonyl (C=O) groups is 3. The molecule has 2 amide bonds. The van der Waals surface area contributed by atoms with E-state index in [-0.39, 0.29) is 36.4 Å². The van der Waals surface area contributed by atoms with Crippen molar-refractivity contribution in [2.45, 2.75) is 50.1 Å². The van der Waals surface area contributed by atoms with Gasteiger partial charge in [0.25, 0.3) is 5.91 Å². The lowest BCUT2D eigenvalue weighted by Gasteiger charge is -2.34. The van der Waals surface area contributed by atoms with Gasteiger partial charge in [0.15, 0.2) is 5.78 Å². The lowest BCUT2D eigenvalue weighted by atomic mass is 10.1. The number of piperazine rings is 1. The highest BCUT2D eigenvalue weighted by Gasteiger charge is 2.54. The molecule has 12 heteroatoms. The van der Waals surface area contributed by atoms with E-state index in [1.807, 2.05) is 19.1 Å². The number of carbonyl (C=O) groups excluding carboxylic acids is 3. The predicted molar refractivity (Wildman–Crippen MR) is 155 cm³/mol. The molecule has 1 aromatic carbocycles. The summed E-state index contributed by atoms with van der Waals surface area (Å²) in [6, 6.07) is 10.2. The molecule has 4 heterocycles. The molecule has 3 aliphatic heterocycles. The number of aromatic nitrogens is 1. The maximum atomic E-state index is 13.7. The first-order valence-electron chi connectivity index (χ1n) is 14.2. The maximum absolute atomic E-state index is 13.7. The normalized spacial score (nSPS) is 22.5. The third kappa shape index (κ3) is 6.29. The number of ketones is 1. The zero-order chi connectivity index (χ0) is 29.1. The van der Waals surface area contributed by atoms with E-state index < -0.39 is 28.1 Å². The Kier molecular flexibility index (Phi) is 8.71. The quantitative estimate of drug-likeness (QED) is 0.467. The number of Topliss-reactive ketones (excluding diaryl/α,β-unsaturated/α-hetero) is 1. The Morgan fingerprint density at radius 1 is 1.05 bits per heavy atom. The van der Waals surface area contributed by atoms with Crippen molar-refractivity contribution in [2.75, 3.05) is 51.2 Å². The predicted octanol–water partition coefficient (Wildman–Crippen LogP) is 1.12. The largest absolute Gasteiger partial charge is 0.369 e. The number of anilines is 1. The number of rotatable bonds is 9. The second-order valence-electron chi connectivity index (χ2n) is 11.1. The first-order valence-corrected chi connectivity index (χ1v) is 15.9. The molecule has 11 nitrogen and oxygen atoms in total. The Hall–Kier alpha value is -3.35. The van der Waals surface area contributed by atoms with Crippen molar-refractivity contribution in [3.8, 4) is 0 Å². The molecule has 0 radical (unpaired) electrons. The number of hydrogen-bond acceptors (Lipinski definition) is 8. The van der Waals surface area contributed by atoms with Crippen LogP contribution in [0.15, 0.2) is 48.7 Å². The molecule has 1 aromatic heterocycles. The van der Waals surface area contributed by atoms with Gasteiger partial charge in [-0.15, -0.1) is 0 Å². The van der Waals surface area contributed by atoms with E-state index in [4.69, 9.17) is 0 Å². The van der Waals surface area contributed by atoms with Gasteiger partial charge < -0.3 is 20.0 Å². The van der Waals surface area contributed by atoms with Gasteiger partial charge in [-0.2, -0.15) is 4.31 Å². The van der Waals surface area contributed by atoms with Crippen molar-refractivity contribution >= 4 is 33.3 Å². The average molecular weight is 583 g/mol. The van der Waals surface area contributed by atoms with E-state index >= 15 is 0 Å². The second kappa shape index (κ2) is 12.3. The highest BCUT2D eigenvalue weighted by Crippen LogP contribution is 2.33. The first-order chi connectivity index (χ1) is 19.7. The minimum Gasteiger partial charge on any atom is -0.369 e. The third-order valence-corrected chi connectivity index (χ3v) is 10.0. The highest BCUT2D eigenvalue weighted by molar-refractivity contribution is 7.88. The minimum absolute atomic E-state index is 0.255. The number of hydrogen-bond donors (Lipinski definition) is 1. The molecule has 220 valence electrons. The lowest BCUT2D eigenvalue weighted by molar-refractivity contribution is -0.138. The summed E-state index contributed by atoms with van der Waals surface area (Å²) >= 11 is 0. The van der Waals surface area contributed by atoms with Gasteiger partial charge in [0.1, 0.15) is 17.8 Å². The van der Waals surface area contributed by atoms with Crippen LogP contribution in [0, 0.1) is 0 Å². The monoisotopic (exact) mass is 582 g/mol. The Morgan fingerprint density at radius 3 is 2.44 bits per heavy atom. The van der Waals surface area contributed by atoms with Crippen LogP contribution in [0.5, 0.6) is 0 Å². The van der Waals surface area contributed by atoms with Crippen LogP contribution in [-0.2, 0) is 25.4 Å². The van der Waals surface area contributed by atoms with Crippen LogP contribution in [-0.4, -0.2) is 110 Å². The van der Waals surface area contributed by atoms with Crippen LogP contribution in [0.3, 0.4) is 0 Å². The molecule has 0 saturated carbocycles. The molecule has 41 heavy (non-hydrogen) atoms. The van der Waals surface area contributed by atoms with E-state index in [0.29, 0.717) is 30.5 Å². The number of sulfonamides is 1. The number of fused-ring (bicyclic) bond motifs is 1. The highest BCUT2D eigenvalue weighted by atomic mass is 32.2. The van der Waals surface area contributed by atoms with Crippen LogP contribution in [0.2, 0.25) is 0 Å². The molecule has 0 bridgehead atoms. The van der Waals surface area contributed by atoms with Crippen LogP contribution < -0.4 is 10.2 Å². The summed E-state index contributed by atoms with van der Waals surface area (Å²) in [5.74, 6) is -1.30.